The van der Waals surface area contributed by atoms with Crippen LogP contribution in [0.25, 0.3) is 0 Å². The lowest BCUT2D eigenvalue weighted by atomic mass is 10.2. The van der Waals surface area contributed by atoms with Crippen LogP contribution in [-0.4, -0.2) is 24.2 Å². The first kappa shape index (κ1) is 10.4. The number of phenols is 1. The van der Waals surface area contributed by atoms with Gasteiger partial charge in [-0.25, -0.2) is 4.79 Å². The van der Waals surface area contributed by atoms with Gasteiger partial charge in [0.1, 0.15) is 11.8 Å². The van der Waals surface area contributed by atoms with Crippen LogP contribution in [0.1, 0.15) is 6.92 Å². The Morgan fingerprint density at radius 3 is 2.50 bits per heavy atom. The van der Waals surface area contributed by atoms with Crippen molar-refractivity contribution in [2.24, 2.45) is 0 Å². The van der Waals surface area contributed by atoms with Crippen LogP contribution >= 0.6 is 0 Å². The van der Waals surface area contributed by atoms with Crippen molar-refractivity contribution in [1.29, 1.82) is 0 Å². The third-order valence-corrected chi connectivity index (χ3v) is 1.81. The fourth-order valence-electron chi connectivity index (χ4n) is 1.04. The molecule has 2 N–H and O–H groups in total. The van der Waals surface area contributed by atoms with E-state index < -0.39 is 6.04 Å². The van der Waals surface area contributed by atoms with Crippen molar-refractivity contribution in [3.63, 3.8) is 0 Å². The number of benzene rings is 1. The van der Waals surface area contributed by atoms with Crippen molar-refractivity contribution < 1.29 is 14.6 Å². The number of nitrogens with one attached hydrogen (secondary N) is 1. The zero-order chi connectivity index (χ0) is 10.6. The molecule has 0 saturated heterocycles. The van der Waals surface area contributed by atoms with E-state index in [1.807, 2.05) is 0 Å². The van der Waals surface area contributed by atoms with E-state index in [0.717, 1.165) is 5.69 Å². The maximum absolute atomic E-state index is 11.0. The standard InChI is InChI=1S/C10H13NO3/c1-7(10(13)14-2)11-8-3-5-9(12)6-4-8/h3-7,11-12H,1-2H3. The lowest BCUT2D eigenvalue weighted by Gasteiger charge is -2.12. The molecule has 0 bridgehead atoms. The van der Waals surface area contributed by atoms with E-state index in [9.17, 15) is 4.79 Å². The van der Waals surface area contributed by atoms with Crippen LogP contribution in [0, 0.1) is 0 Å². The van der Waals surface area contributed by atoms with Crippen molar-refractivity contribution in [3.8, 4) is 5.75 Å². The lowest BCUT2D eigenvalue weighted by Crippen LogP contribution is -2.26. The number of methoxy groups -OCH3 is 1. The minimum absolute atomic E-state index is 0.196. The Hall–Kier alpha value is -1.71. The van der Waals surface area contributed by atoms with Crippen LogP contribution in [-0.2, 0) is 9.53 Å². The van der Waals surface area contributed by atoms with E-state index >= 15 is 0 Å². The van der Waals surface area contributed by atoms with E-state index in [-0.39, 0.29) is 11.7 Å². The molecule has 0 aromatic heterocycles. The maximum Gasteiger partial charge on any atom is 0.327 e. The second-order valence-corrected chi connectivity index (χ2v) is 2.94. The zero-order valence-corrected chi connectivity index (χ0v) is 8.15. The Kier molecular flexibility index (Phi) is 3.34. The molecule has 0 amide bonds. The second kappa shape index (κ2) is 4.50. The van der Waals surface area contributed by atoms with Gasteiger partial charge in [-0.05, 0) is 31.2 Å². The van der Waals surface area contributed by atoms with Gasteiger partial charge < -0.3 is 15.2 Å². The molecule has 4 nitrogen and oxygen atoms in total. The quantitative estimate of drug-likeness (QED) is 0.565. The fourth-order valence-corrected chi connectivity index (χ4v) is 1.04. The van der Waals surface area contributed by atoms with Gasteiger partial charge in [0.25, 0.3) is 0 Å². The summed E-state index contributed by atoms with van der Waals surface area (Å²) in [5.74, 6) is -0.126. The number of phenolic OH excluding ortho intramolecular Hbond substituents is 1. The number of aromatic hydroxyl groups is 1. The molecule has 1 rings (SSSR count). The first-order valence-electron chi connectivity index (χ1n) is 4.27. The van der Waals surface area contributed by atoms with Crippen LogP contribution in [0.3, 0.4) is 0 Å². The van der Waals surface area contributed by atoms with Crippen molar-refractivity contribution in [2.75, 3.05) is 12.4 Å². The van der Waals surface area contributed by atoms with E-state index in [0.29, 0.717) is 0 Å². The van der Waals surface area contributed by atoms with Gasteiger partial charge in [-0.2, -0.15) is 0 Å². The molecule has 0 spiro atoms. The monoisotopic (exact) mass is 195 g/mol. The van der Waals surface area contributed by atoms with Crippen LogP contribution in [0.4, 0.5) is 5.69 Å². The summed E-state index contributed by atoms with van der Waals surface area (Å²) in [6.07, 6.45) is 0. The first-order valence-corrected chi connectivity index (χ1v) is 4.27. The molecule has 1 aromatic carbocycles. The normalized spacial score (nSPS) is 11.9. The number of rotatable bonds is 3. The highest BCUT2D eigenvalue weighted by atomic mass is 16.5. The van der Waals surface area contributed by atoms with Crippen LogP contribution in [0.5, 0.6) is 5.75 Å². The summed E-state index contributed by atoms with van der Waals surface area (Å²) in [6.45, 7) is 1.71. The number of hydrogen-bond acceptors (Lipinski definition) is 4. The highest BCUT2D eigenvalue weighted by Gasteiger charge is 2.11. The predicted molar refractivity (Wildman–Crippen MR) is 53.2 cm³/mol. The zero-order valence-electron chi connectivity index (χ0n) is 8.15. The number of esters is 1. The van der Waals surface area contributed by atoms with Gasteiger partial charge in [0.15, 0.2) is 0 Å². The Bertz CT molecular complexity index is 308. The summed E-state index contributed by atoms with van der Waals surface area (Å²) < 4.78 is 4.56. The number of carbonyl (C=O) groups excluding carboxylic acids is 1. The molecule has 4 heteroatoms. The third kappa shape index (κ3) is 2.65. The van der Waals surface area contributed by atoms with Gasteiger partial charge >= 0.3 is 5.97 Å². The third-order valence-electron chi connectivity index (χ3n) is 1.81. The van der Waals surface area contributed by atoms with Gasteiger partial charge in [0, 0.05) is 5.69 Å². The fraction of sp³-hybridized carbons (Fsp3) is 0.300. The smallest absolute Gasteiger partial charge is 0.327 e. The topological polar surface area (TPSA) is 58.6 Å². The first-order chi connectivity index (χ1) is 6.63. The van der Waals surface area contributed by atoms with Crippen molar-refractivity contribution in [1.82, 2.24) is 0 Å². The Labute approximate surface area is 82.5 Å². The van der Waals surface area contributed by atoms with Crippen LogP contribution in [0.2, 0.25) is 0 Å². The van der Waals surface area contributed by atoms with Crippen molar-refractivity contribution in [2.45, 2.75) is 13.0 Å². The highest BCUT2D eigenvalue weighted by molar-refractivity contribution is 5.78. The van der Waals surface area contributed by atoms with Crippen molar-refractivity contribution >= 4 is 11.7 Å². The van der Waals surface area contributed by atoms with E-state index in [4.69, 9.17) is 5.11 Å². The van der Waals surface area contributed by atoms with Crippen LogP contribution in [0.15, 0.2) is 24.3 Å². The molecule has 76 valence electrons. The largest absolute Gasteiger partial charge is 0.508 e. The van der Waals surface area contributed by atoms with Gasteiger partial charge in [-0.15, -0.1) is 0 Å². The number of carbonyl (C=O) groups is 1. The van der Waals surface area contributed by atoms with E-state index in [1.165, 1.54) is 7.11 Å². The summed E-state index contributed by atoms with van der Waals surface area (Å²) in [4.78, 5) is 11.0. The second-order valence-electron chi connectivity index (χ2n) is 2.94. The molecule has 0 aliphatic carbocycles. The molecule has 1 aromatic rings. The Morgan fingerprint density at radius 2 is 2.00 bits per heavy atom. The SMILES string of the molecule is COC(=O)C(C)Nc1ccc(O)cc1. The summed E-state index contributed by atoms with van der Waals surface area (Å²) in [5.41, 5.74) is 0.765. The number of hydrogen-bond donors (Lipinski definition) is 2. The van der Waals surface area contributed by atoms with Gasteiger partial charge in [-0.3, -0.25) is 0 Å². The minimum atomic E-state index is -0.399. The summed E-state index contributed by atoms with van der Waals surface area (Å²) in [5, 5.41) is 12.0. The van der Waals surface area contributed by atoms with E-state index in [1.54, 1.807) is 31.2 Å². The molecule has 1 unspecified atom stereocenters. The molecule has 0 aliphatic rings. The average Bonchev–Trinajstić information content (AvgIpc) is 2.20. The average molecular weight is 195 g/mol. The van der Waals surface area contributed by atoms with Gasteiger partial charge in [0.2, 0.25) is 0 Å². The minimum Gasteiger partial charge on any atom is -0.508 e. The van der Waals surface area contributed by atoms with Gasteiger partial charge in [-0.1, -0.05) is 0 Å². The number of ether oxygens (including phenoxy) is 1. The molecule has 0 saturated carbocycles. The molecule has 0 heterocycles. The predicted octanol–water partition coefficient (Wildman–Crippen LogP) is 1.37. The van der Waals surface area contributed by atoms with Crippen molar-refractivity contribution in [3.05, 3.63) is 24.3 Å². The molecule has 0 aliphatic heterocycles. The van der Waals surface area contributed by atoms with Gasteiger partial charge in [0.05, 0.1) is 7.11 Å². The summed E-state index contributed by atoms with van der Waals surface area (Å²) >= 11 is 0. The Morgan fingerprint density at radius 1 is 1.43 bits per heavy atom. The highest BCUT2D eigenvalue weighted by Crippen LogP contribution is 2.14. The lowest BCUT2D eigenvalue weighted by molar-refractivity contribution is -0.141. The molecule has 1 atom stereocenters. The van der Waals surface area contributed by atoms with Crippen LogP contribution < -0.4 is 5.32 Å². The molecule has 14 heavy (non-hydrogen) atoms. The molecular formula is C10H13NO3. The molecule has 0 radical (unpaired) electrons. The number of anilines is 1. The van der Waals surface area contributed by atoms with E-state index in [2.05, 4.69) is 10.1 Å². The summed E-state index contributed by atoms with van der Waals surface area (Å²) in [7, 11) is 1.34. The maximum atomic E-state index is 11.0. The summed E-state index contributed by atoms with van der Waals surface area (Å²) in [6, 6.07) is 6.08. The molecular weight excluding hydrogens is 182 g/mol. The Balaban J connectivity index is 2.60. The molecule has 0 fully saturated rings.